The van der Waals surface area contributed by atoms with E-state index in [2.05, 4.69) is 5.32 Å². The Morgan fingerprint density at radius 2 is 1.63 bits per heavy atom. The third-order valence-corrected chi connectivity index (χ3v) is 4.17. The third kappa shape index (κ3) is 4.20. The van der Waals surface area contributed by atoms with Crippen molar-refractivity contribution < 1.29 is 19.0 Å². The van der Waals surface area contributed by atoms with Crippen LogP contribution in [0.1, 0.15) is 5.56 Å². The van der Waals surface area contributed by atoms with Gasteiger partial charge < -0.3 is 19.5 Å². The van der Waals surface area contributed by atoms with Gasteiger partial charge in [0.25, 0.3) is 5.91 Å². The molecule has 0 aliphatic carbocycles. The lowest BCUT2D eigenvalue weighted by molar-refractivity contribution is -0.125. The number of para-hydroxylation sites is 2. The molecule has 5 heteroatoms. The summed E-state index contributed by atoms with van der Waals surface area (Å²) in [6.07, 6.45) is -0.686. The summed E-state index contributed by atoms with van der Waals surface area (Å²) >= 11 is 0. The first-order valence-electron chi connectivity index (χ1n) is 8.74. The highest BCUT2D eigenvalue weighted by Gasteiger charge is 2.27. The molecular weight excluding hydrogens is 342 g/mol. The molecule has 136 valence electrons. The van der Waals surface area contributed by atoms with Crippen LogP contribution in [-0.2, 0) is 11.4 Å². The minimum Gasteiger partial charge on any atom is -0.489 e. The summed E-state index contributed by atoms with van der Waals surface area (Å²) in [5.74, 6) is 1.72. The van der Waals surface area contributed by atoms with Gasteiger partial charge in [0, 0.05) is 5.69 Å². The van der Waals surface area contributed by atoms with E-state index in [0.29, 0.717) is 23.8 Å². The predicted molar refractivity (Wildman–Crippen MR) is 102 cm³/mol. The Labute approximate surface area is 157 Å². The molecule has 0 bridgehead atoms. The number of benzene rings is 3. The summed E-state index contributed by atoms with van der Waals surface area (Å²) in [6, 6.07) is 24.5. The number of amides is 1. The quantitative estimate of drug-likeness (QED) is 0.745. The molecule has 1 heterocycles. The number of carbonyl (C=O) groups is 1. The van der Waals surface area contributed by atoms with Crippen molar-refractivity contribution in [2.75, 3.05) is 11.9 Å². The lowest BCUT2D eigenvalue weighted by atomic mass is 10.2. The Morgan fingerprint density at radius 3 is 2.41 bits per heavy atom. The van der Waals surface area contributed by atoms with Gasteiger partial charge in [0.15, 0.2) is 11.5 Å². The summed E-state index contributed by atoms with van der Waals surface area (Å²) in [5, 5.41) is 2.84. The largest absolute Gasteiger partial charge is 0.489 e. The van der Waals surface area contributed by atoms with E-state index in [1.807, 2.05) is 60.7 Å². The van der Waals surface area contributed by atoms with Crippen LogP contribution >= 0.6 is 0 Å². The Morgan fingerprint density at radius 1 is 0.926 bits per heavy atom. The summed E-state index contributed by atoms with van der Waals surface area (Å²) in [7, 11) is 0. The number of ether oxygens (including phenoxy) is 3. The van der Waals surface area contributed by atoms with Crippen molar-refractivity contribution in [2.24, 2.45) is 0 Å². The molecule has 0 saturated carbocycles. The van der Waals surface area contributed by atoms with E-state index in [1.165, 1.54) is 0 Å². The normalized spacial score (nSPS) is 15.0. The van der Waals surface area contributed by atoms with Gasteiger partial charge in [0.05, 0.1) is 0 Å². The van der Waals surface area contributed by atoms with Crippen molar-refractivity contribution in [2.45, 2.75) is 12.7 Å². The molecule has 4 rings (SSSR count). The van der Waals surface area contributed by atoms with Crippen LogP contribution in [0, 0.1) is 0 Å². The van der Waals surface area contributed by atoms with E-state index in [-0.39, 0.29) is 12.5 Å². The molecule has 1 aliphatic rings. The van der Waals surface area contributed by atoms with Crippen molar-refractivity contribution in [3.63, 3.8) is 0 Å². The maximum Gasteiger partial charge on any atom is 0.269 e. The maximum absolute atomic E-state index is 12.4. The molecule has 27 heavy (non-hydrogen) atoms. The van der Waals surface area contributed by atoms with Gasteiger partial charge in [-0.2, -0.15) is 0 Å². The standard InChI is InChI=1S/C22H19NO4/c24-22(21-15-26-19-8-4-5-9-20(19)27-21)23-17-10-12-18(13-11-17)25-14-16-6-2-1-3-7-16/h1-13,21H,14-15H2,(H,23,24)/t21-/m0/s1. The first-order chi connectivity index (χ1) is 13.3. The predicted octanol–water partition coefficient (Wildman–Crippen LogP) is 4.04. The van der Waals surface area contributed by atoms with E-state index < -0.39 is 6.10 Å². The van der Waals surface area contributed by atoms with E-state index in [1.54, 1.807) is 18.2 Å². The maximum atomic E-state index is 12.4. The van der Waals surface area contributed by atoms with E-state index >= 15 is 0 Å². The number of rotatable bonds is 5. The van der Waals surface area contributed by atoms with Crippen LogP contribution in [-0.4, -0.2) is 18.6 Å². The highest BCUT2D eigenvalue weighted by atomic mass is 16.6. The fourth-order valence-corrected chi connectivity index (χ4v) is 2.75. The molecule has 1 amide bonds. The van der Waals surface area contributed by atoms with Gasteiger partial charge in [-0.25, -0.2) is 0 Å². The Balaban J connectivity index is 1.32. The second kappa shape index (κ2) is 7.83. The minimum atomic E-state index is -0.686. The van der Waals surface area contributed by atoms with Gasteiger partial charge in [-0.05, 0) is 42.0 Å². The molecule has 0 spiro atoms. The smallest absolute Gasteiger partial charge is 0.269 e. The molecule has 0 saturated heterocycles. The number of hydrogen-bond donors (Lipinski definition) is 1. The van der Waals surface area contributed by atoms with E-state index in [9.17, 15) is 4.79 Å². The Kier molecular flexibility index (Phi) is 4.92. The second-order valence-electron chi connectivity index (χ2n) is 6.15. The summed E-state index contributed by atoms with van der Waals surface area (Å²) in [5.41, 5.74) is 1.78. The van der Waals surface area contributed by atoms with Gasteiger partial charge >= 0.3 is 0 Å². The summed E-state index contributed by atoms with van der Waals surface area (Å²) in [6.45, 7) is 0.681. The zero-order chi connectivity index (χ0) is 18.5. The molecule has 3 aromatic rings. The highest BCUT2D eigenvalue weighted by molar-refractivity contribution is 5.94. The average Bonchev–Trinajstić information content (AvgIpc) is 2.73. The molecule has 0 fully saturated rings. The lowest BCUT2D eigenvalue weighted by Gasteiger charge is -2.25. The second-order valence-corrected chi connectivity index (χ2v) is 6.15. The van der Waals surface area contributed by atoms with Crippen LogP contribution in [0.2, 0.25) is 0 Å². The first kappa shape index (κ1) is 17.0. The topological polar surface area (TPSA) is 56.8 Å². The highest BCUT2D eigenvalue weighted by Crippen LogP contribution is 2.31. The van der Waals surface area contributed by atoms with Crippen LogP contribution in [0.5, 0.6) is 17.2 Å². The zero-order valence-electron chi connectivity index (χ0n) is 14.6. The third-order valence-electron chi connectivity index (χ3n) is 4.17. The van der Waals surface area contributed by atoms with Gasteiger partial charge in [0.2, 0.25) is 6.10 Å². The summed E-state index contributed by atoms with van der Waals surface area (Å²) in [4.78, 5) is 12.4. The average molecular weight is 361 g/mol. The Bertz CT molecular complexity index is 909. The van der Waals surface area contributed by atoms with Gasteiger partial charge in [0.1, 0.15) is 19.0 Å². The molecular formula is C22H19NO4. The van der Waals surface area contributed by atoms with Crippen LogP contribution < -0.4 is 19.5 Å². The van der Waals surface area contributed by atoms with Crippen molar-refractivity contribution in [1.82, 2.24) is 0 Å². The van der Waals surface area contributed by atoms with Crippen LogP contribution in [0.3, 0.4) is 0 Å². The number of carbonyl (C=O) groups excluding carboxylic acids is 1. The number of anilines is 1. The van der Waals surface area contributed by atoms with Gasteiger partial charge in [-0.1, -0.05) is 42.5 Å². The molecule has 0 unspecified atom stereocenters. The fraction of sp³-hybridized carbons (Fsp3) is 0.136. The van der Waals surface area contributed by atoms with Crippen molar-refractivity contribution in [3.05, 3.63) is 84.4 Å². The van der Waals surface area contributed by atoms with Crippen LogP contribution in [0.4, 0.5) is 5.69 Å². The Hall–Kier alpha value is -3.47. The zero-order valence-corrected chi connectivity index (χ0v) is 14.6. The number of nitrogens with one attached hydrogen (secondary N) is 1. The van der Waals surface area contributed by atoms with Crippen molar-refractivity contribution in [1.29, 1.82) is 0 Å². The van der Waals surface area contributed by atoms with Crippen LogP contribution in [0.15, 0.2) is 78.9 Å². The van der Waals surface area contributed by atoms with Gasteiger partial charge in [-0.15, -0.1) is 0 Å². The number of hydrogen-bond acceptors (Lipinski definition) is 4. The lowest BCUT2D eigenvalue weighted by Crippen LogP contribution is -2.40. The van der Waals surface area contributed by atoms with Gasteiger partial charge in [-0.3, -0.25) is 4.79 Å². The molecule has 3 aromatic carbocycles. The van der Waals surface area contributed by atoms with Crippen molar-refractivity contribution in [3.8, 4) is 17.2 Å². The van der Waals surface area contributed by atoms with Crippen LogP contribution in [0.25, 0.3) is 0 Å². The minimum absolute atomic E-state index is 0.182. The summed E-state index contributed by atoms with van der Waals surface area (Å²) < 4.78 is 17.0. The molecule has 0 aromatic heterocycles. The molecule has 5 nitrogen and oxygen atoms in total. The molecule has 1 aliphatic heterocycles. The van der Waals surface area contributed by atoms with Crippen molar-refractivity contribution >= 4 is 11.6 Å². The molecule has 1 N–H and O–H groups in total. The van der Waals surface area contributed by atoms with E-state index in [4.69, 9.17) is 14.2 Å². The number of fused-ring (bicyclic) bond motifs is 1. The monoisotopic (exact) mass is 361 g/mol. The molecule has 0 radical (unpaired) electrons. The molecule has 1 atom stereocenters. The first-order valence-corrected chi connectivity index (χ1v) is 8.74. The SMILES string of the molecule is O=C(Nc1ccc(OCc2ccccc2)cc1)[C@@H]1COc2ccccc2O1. The van der Waals surface area contributed by atoms with E-state index in [0.717, 1.165) is 11.3 Å². The fourth-order valence-electron chi connectivity index (χ4n) is 2.75.